The molecule has 3 rings (SSSR count). The Morgan fingerprint density at radius 1 is 1.32 bits per heavy atom. The van der Waals surface area contributed by atoms with Crippen LogP contribution in [-0.2, 0) is 9.53 Å². The third kappa shape index (κ3) is 5.08. The lowest BCUT2D eigenvalue weighted by Gasteiger charge is -2.34. The summed E-state index contributed by atoms with van der Waals surface area (Å²) >= 11 is 2.63. The van der Waals surface area contributed by atoms with E-state index in [0.29, 0.717) is 30.4 Å². The lowest BCUT2D eigenvalue weighted by atomic mass is 10.1. The summed E-state index contributed by atoms with van der Waals surface area (Å²) in [5.74, 6) is -0.554. The van der Waals surface area contributed by atoms with Crippen LogP contribution in [-0.4, -0.2) is 53.5 Å². The average Bonchev–Trinajstić information content (AvgIpc) is 3.00. The topological polar surface area (TPSA) is 42.4 Å². The lowest BCUT2D eigenvalue weighted by Crippen LogP contribution is -2.48. The maximum atomic E-state index is 12.9. The molecule has 2 aromatic rings. The van der Waals surface area contributed by atoms with Crippen molar-refractivity contribution in [1.82, 2.24) is 9.88 Å². The van der Waals surface area contributed by atoms with Crippen LogP contribution < -0.4 is 0 Å². The maximum absolute atomic E-state index is 12.9. The van der Waals surface area contributed by atoms with Crippen molar-refractivity contribution in [3.05, 3.63) is 24.3 Å². The Kier molecular flexibility index (Phi) is 5.85. The minimum atomic E-state index is -4.41. The minimum Gasteiger partial charge on any atom is -0.381 e. The summed E-state index contributed by atoms with van der Waals surface area (Å²) in [6, 6.07) is 7.15. The van der Waals surface area contributed by atoms with Gasteiger partial charge in [0.2, 0.25) is 5.91 Å². The van der Waals surface area contributed by atoms with E-state index < -0.39 is 24.7 Å². The van der Waals surface area contributed by atoms with E-state index in [1.807, 2.05) is 24.3 Å². The number of nitrogens with zero attached hydrogens (tertiary/aromatic N) is 2. The second-order valence-corrected chi connectivity index (χ2v) is 7.97. The Bertz CT molecular complexity index is 696. The Morgan fingerprint density at radius 2 is 2.04 bits per heavy atom. The molecule has 0 unspecified atom stereocenters. The number of hydrogen-bond donors (Lipinski definition) is 0. The highest BCUT2D eigenvalue weighted by molar-refractivity contribution is 8.01. The Balaban J connectivity index is 1.66. The largest absolute Gasteiger partial charge is 0.406 e. The lowest BCUT2D eigenvalue weighted by molar-refractivity contribution is -0.167. The van der Waals surface area contributed by atoms with E-state index in [-0.39, 0.29) is 5.75 Å². The summed E-state index contributed by atoms with van der Waals surface area (Å²) in [4.78, 5) is 17.8. The fourth-order valence-electron chi connectivity index (χ4n) is 2.73. The molecular weight excluding hydrogens is 373 g/mol. The minimum absolute atomic E-state index is 0.0484. The first kappa shape index (κ1) is 18.5. The van der Waals surface area contributed by atoms with Gasteiger partial charge in [-0.25, -0.2) is 4.98 Å². The van der Waals surface area contributed by atoms with E-state index in [9.17, 15) is 18.0 Å². The number of hydrogen-bond acceptors (Lipinski definition) is 5. The van der Waals surface area contributed by atoms with Gasteiger partial charge < -0.3 is 9.64 Å². The van der Waals surface area contributed by atoms with Gasteiger partial charge >= 0.3 is 6.18 Å². The van der Waals surface area contributed by atoms with Crippen molar-refractivity contribution < 1.29 is 22.7 Å². The monoisotopic (exact) mass is 390 g/mol. The molecule has 136 valence electrons. The van der Waals surface area contributed by atoms with Gasteiger partial charge in [0.15, 0.2) is 4.34 Å². The number of ether oxygens (including phenoxy) is 1. The van der Waals surface area contributed by atoms with Crippen LogP contribution in [0.15, 0.2) is 28.6 Å². The number of amides is 1. The maximum Gasteiger partial charge on any atom is 0.406 e. The SMILES string of the molecule is O=C(CSc1nc2ccccc2s1)N(CC(F)(F)F)C1CCOCC1. The van der Waals surface area contributed by atoms with Gasteiger partial charge in [0, 0.05) is 19.3 Å². The number of halogens is 3. The van der Waals surface area contributed by atoms with Gasteiger partial charge in [0.1, 0.15) is 6.54 Å². The van der Waals surface area contributed by atoms with E-state index >= 15 is 0 Å². The number of benzene rings is 1. The van der Waals surface area contributed by atoms with Gasteiger partial charge in [0.25, 0.3) is 0 Å². The predicted octanol–water partition coefficient (Wildman–Crippen LogP) is 3.96. The zero-order valence-electron chi connectivity index (χ0n) is 13.3. The number of thiazole rings is 1. The van der Waals surface area contributed by atoms with Crippen LogP contribution in [0.5, 0.6) is 0 Å². The molecule has 1 saturated heterocycles. The van der Waals surface area contributed by atoms with Gasteiger partial charge in [0.05, 0.1) is 16.0 Å². The van der Waals surface area contributed by atoms with Crippen LogP contribution in [0, 0.1) is 0 Å². The Hall–Kier alpha value is -1.32. The zero-order valence-corrected chi connectivity index (χ0v) is 14.9. The average molecular weight is 390 g/mol. The number of para-hydroxylation sites is 1. The normalized spacial score (nSPS) is 16.3. The summed E-state index contributed by atoms with van der Waals surface area (Å²) in [5.41, 5.74) is 0.832. The molecule has 1 aromatic carbocycles. The summed E-state index contributed by atoms with van der Waals surface area (Å²) in [6.45, 7) is -0.439. The molecule has 0 atom stereocenters. The van der Waals surface area contributed by atoms with Crippen molar-refractivity contribution >= 4 is 39.2 Å². The number of rotatable bonds is 5. The molecule has 0 aliphatic carbocycles. The first-order valence-electron chi connectivity index (χ1n) is 7.85. The summed E-state index contributed by atoms with van der Waals surface area (Å²) in [5, 5.41) is 0. The zero-order chi connectivity index (χ0) is 17.9. The van der Waals surface area contributed by atoms with Gasteiger partial charge in [-0.05, 0) is 25.0 Å². The third-order valence-corrected chi connectivity index (χ3v) is 6.06. The van der Waals surface area contributed by atoms with Gasteiger partial charge in [-0.1, -0.05) is 23.9 Å². The van der Waals surface area contributed by atoms with E-state index in [1.165, 1.54) is 23.1 Å². The Labute approximate surface area is 151 Å². The van der Waals surface area contributed by atoms with Crippen LogP contribution in [0.25, 0.3) is 10.2 Å². The Morgan fingerprint density at radius 3 is 2.72 bits per heavy atom. The van der Waals surface area contributed by atoms with Gasteiger partial charge in [-0.15, -0.1) is 11.3 Å². The molecular formula is C16H17F3N2O2S2. The highest BCUT2D eigenvalue weighted by Crippen LogP contribution is 2.30. The standard InChI is InChI=1S/C16H17F3N2O2S2/c17-16(18,19)10-21(11-5-7-23-8-6-11)14(22)9-24-15-20-12-3-1-2-4-13(12)25-15/h1-4,11H,5-10H2. The molecule has 1 fully saturated rings. The fraction of sp³-hybridized carbons (Fsp3) is 0.500. The van der Waals surface area contributed by atoms with Crippen molar-refractivity contribution in [3.63, 3.8) is 0 Å². The molecule has 1 aliphatic heterocycles. The van der Waals surface area contributed by atoms with E-state index in [4.69, 9.17) is 4.74 Å². The molecule has 0 saturated carbocycles. The summed E-state index contributed by atoms with van der Waals surface area (Å²) in [6.07, 6.45) is -3.53. The molecule has 2 heterocycles. The van der Waals surface area contributed by atoms with Gasteiger partial charge in [-0.3, -0.25) is 4.79 Å². The van der Waals surface area contributed by atoms with Crippen LogP contribution in [0.3, 0.4) is 0 Å². The number of carbonyl (C=O) groups excluding carboxylic acids is 1. The summed E-state index contributed by atoms with van der Waals surface area (Å²) in [7, 11) is 0. The number of thioether (sulfide) groups is 1. The smallest absolute Gasteiger partial charge is 0.381 e. The predicted molar refractivity (Wildman–Crippen MR) is 92.0 cm³/mol. The van der Waals surface area contributed by atoms with Crippen molar-refractivity contribution in [1.29, 1.82) is 0 Å². The molecule has 1 amide bonds. The van der Waals surface area contributed by atoms with Crippen LogP contribution in [0.4, 0.5) is 13.2 Å². The molecule has 0 bridgehead atoms. The molecule has 4 nitrogen and oxygen atoms in total. The first-order chi connectivity index (χ1) is 11.9. The molecule has 1 aliphatic rings. The highest BCUT2D eigenvalue weighted by Gasteiger charge is 2.37. The fourth-order valence-corrected chi connectivity index (χ4v) is 4.68. The molecule has 1 aromatic heterocycles. The molecule has 9 heteroatoms. The molecule has 0 N–H and O–H groups in total. The molecule has 0 radical (unpaired) electrons. The van der Waals surface area contributed by atoms with E-state index in [0.717, 1.165) is 15.1 Å². The number of fused-ring (bicyclic) bond motifs is 1. The second kappa shape index (κ2) is 7.92. The van der Waals surface area contributed by atoms with E-state index in [1.54, 1.807) is 0 Å². The van der Waals surface area contributed by atoms with Gasteiger partial charge in [-0.2, -0.15) is 13.2 Å². The summed E-state index contributed by atoms with van der Waals surface area (Å²) < 4.78 is 45.5. The van der Waals surface area contributed by atoms with E-state index in [2.05, 4.69) is 4.98 Å². The third-order valence-electron chi connectivity index (χ3n) is 3.89. The van der Waals surface area contributed by atoms with Crippen LogP contribution in [0.1, 0.15) is 12.8 Å². The van der Waals surface area contributed by atoms with Crippen molar-refractivity contribution in [3.8, 4) is 0 Å². The highest BCUT2D eigenvalue weighted by atomic mass is 32.2. The van der Waals surface area contributed by atoms with Crippen molar-refractivity contribution in [2.75, 3.05) is 25.5 Å². The van der Waals surface area contributed by atoms with Crippen molar-refractivity contribution in [2.24, 2.45) is 0 Å². The molecule has 0 spiro atoms. The number of aromatic nitrogens is 1. The number of carbonyl (C=O) groups is 1. The second-order valence-electron chi connectivity index (χ2n) is 5.72. The van der Waals surface area contributed by atoms with Crippen molar-refractivity contribution in [2.45, 2.75) is 29.4 Å². The first-order valence-corrected chi connectivity index (χ1v) is 9.65. The van der Waals surface area contributed by atoms with Crippen LogP contribution in [0.2, 0.25) is 0 Å². The molecule has 25 heavy (non-hydrogen) atoms. The van der Waals surface area contributed by atoms with Crippen LogP contribution >= 0.6 is 23.1 Å². The quantitative estimate of drug-likeness (QED) is 0.725. The number of alkyl halides is 3.